The van der Waals surface area contributed by atoms with E-state index in [1.807, 2.05) is 19.1 Å². The zero-order valence-corrected chi connectivity index (χ0v) is 13.9. The van der Waals surface area contributed by atoms with Gasteiger partial charge in [-0.25, -0.2) is 0 Å². The van der Waals surface area contributed by atoms with E-state index in [9.17, 15) is 4.79 Å². The largest absolute Gasteiger partial charge is 0.492 e. The molecule has 0 spiro atoms. The number of benzene rings is 1. The molecule has 0 aliphatic carbocycles. The minimum atomic E-state index is -0.259. The van der Waals surface area contributed by atoms with E-state index in [0.29, 0.717) is 6.61 Å². The molecular weight excluding hydrogens is 322 g/mol. The number of rotatable bonds is 8. The third kappa shape index (κ3) is 5.51. The monoisotopic (exact) mass is 343 g/mol. The molecule has 1 rings (SSSR count). The first kappa shape index (κ1) is 17.0. The van der Waals surface area contributed by atoms with E-state index >= 15 is 0 Å². The minimum Gasteiger partial charge on any atom is -0.492 e. The van der Waals surface area contributed by atoms with Crippen molar-refractivity contribution in [2.24, 2.45) is 0 Å². The molecule has 0 atom stereocenters. The fourth-order valence-corrected chi connectivity index (χ4v) is 2.50. The van der Waals surface area contributed by atoms with Crippen LogP contribution in [0.1, 0.15) is 30.9 Å². The number of methoxy groups -OCH3 is 1. The van der Waals surface area contributed by atoms with Crippen molar-refractivity contribution >= 4 is 21.9 Å². The SMILES string of the molecule is CCCNCc1cc(Br)cc(C)c1OCCC(=O)OC. The molecule has 0 heterocycles. The summed E-state index contributed by atoms with van der Waals surface area (Å²) in [6.07, 6.45) is 1.35. The predicted molar refractivity (Wildman–Crippen MR) is 83.0 cm³/mol. The molecule has 1 N–H and O–H groups in total. The fourth-order valence-electron chi connectivity index (χ4n) is 1.88. The Morgan fingerprint density at radius 2 is 2.15 bits per heavy atom. The molecule has 0 aromatic heterocycles. The van der Waals surface area contributed by atoms with Crippen molar-refractivity contribution in [3.05, 3.63) is 27.7 Å². The van der Waals surface area contributed by atoms with Crippen LogP contribution in [0.3, 0.4) is 0 Å². The van der Waals surface area contributed by atoms with Gasteiger partial charge in [0.25, 0.3) is 0 Å². The molecule has 112 valence electrons. The standard InChI is InChI=1S/C15H22BrNO3/c1-4-6-17-10-12-9-13(16)8-11(2)15(12)20-7-5-14(18)19-3/h8-9,17H,4-7,10H2,1-3H3. The van der Waals surface area contributed by atoms with Crippen LogP contribution < -0.4 is 10.1 Å². The van der Waals surface area contributed by atoms with Crippen LogP contribution >= 0.6 is 15.9 Å². The van der Waals surface area contributed by atoms with Gasteiger partial charge in [0.15, 0.2) is 0 Å². The number of aryl methyl sites for hydroxylation is 1. The number of halogens is 1. The summed E-state index contributed by atoms with van der Waals surface area (Å²) in [5.74, 6) is 0.589. The lowest BCUT2D eigenvalue weighted by atomic mass is 10.1. The second-order valence-corrected chi connectivity index (χ2v) is 5.48. The van der Waals surface area contributed by atoms with Crippen LogP contribution in [-0.2, 0) is 16.1 Å². The van der Waals surface area contributed by atoms with E-state index in [2.05, 4.69) is 32.9 Å². The average molecular weight is 344 g/mol. The molecule has 4 nitrogen and oxygen atoms in total. The van der Waals surface area contributed by atoms with Crippen LogP contribution in [-0.4, -0.2) is 26.2 Å². The van der Waals surface area contributed by atoms with E-state index in [-0.39, 0.29) is 12.4 Å². The number of carbonyl (C=O) groups is 1. The summed E-state index contributed by atoms with van der Waals surface area (Å²) >= 11 is 3.50. The van der Waals surface area contributed by atoms with Crippen LogP contribution in [0.25, 0.3) is 0 Å². The summed E-state index contributed by atoms with van der Waals surface area (Å²) in [4.78, 5) is 11.1. The molecule has 20 heavy (non-hydrogen) atoms. The van der Waals surface area contributed by atoms with E-state index < -0.39 is 0 Å². The van der Waals surface area contributed by atoms with Crippen LogP contribution in [0.4, 0.5) is 0 Å². The highest BCUT2D eigenvalue weighted by atomic mass is 79.9. The van der Waals surface area contributed by atoms with Gasteiger partial charge in [0, 0.05) is 16.6 Å². The number of nitrogens with one attached hydrogen (secondary N) is 1. The van der Waals surface area contributed by atoms with E-state index in [1.54, 1.807) is 0 Å². The molecule has 0 saturated heterocycles. The Labute approximate surface area is 129 Å². The zero-order chi connectivity index (χ0) is 15.0. The van der Waals surface area contributed by atoms with Gasteiger partial charge in [-0.1, -0.05) is 22.9 Å². The smallest absolute Gasteiger partial charge is 0.308 e. The normalized spacial score (nSPS) is 10.4. The third-order valence-electron chi connectivity index (χ3n) is 2.84. The lowest BCUT2D eigenvalue weighted by molar-refractivity contribution is -0.141. The van der Waals surface area contributed by atoms with Crippen LogP contribution in [0.5, 0.6) is 5.75 Å². The van der Waals surface area contributed by atoms with Crippen molar-refractivity contribution in [3.8, 4) is 5.75 Å². The first-order valence-electron chi connectivity index (χ1n) is 6.77. The summed E-state index contributed by atoms with van der Waals surface area (Å²) in [5, 5.41) is 3.36. The van der Waals surface area contributed by atoms with Crippen molar-refractivity contribution in [3.63, 3.8) is 0 Å². The van der Waals surface area contributed by atoms with Gasteiger partial charge in [-0.05, 0) is 37.6 Å². The molecular formula is C15H22BrNO3. The molecule has 1 aromatic carbocycles. The van der Waals surface area contributed by atoms with Crippen LogP contribution in [0.15, 0.2) is 16.6 Å². The Kier molecular flexibility index (Phi) is 7.62. The number of esters is 1. The second-order valence-electron chi connectivity index (χ2n) is 4.56. The molecule has 0 aliphatic rings. The lowest BCUT2D eigenvalue weighted by Crippen LogP contribution is -2.16. The molecule has 0 unspecified atom stereocenters. The Morgan fingerprint density at radius 1 is 1.40 bits per heavy atom. The number of ether oxygens (including phenoxy) is 2. The van der Waals surface area contributed by atoms with Gasteiger partial charge in [0.2, 0.25) is 0 Å². The number of carbonyl (C=O) groups excluding carboxylic acids is 1. The first-order chi connectivity index (χ1) is 9.58. The highest BCUT2D eigenvalue weighted by Gasteiger charge is 2.10. The molecule has 0 fully saturated rings. The molecule has 0 amide bonds. The van der Waals surface area contributed by atoms with Gasteiger partial charge < -0.3 is 14.8 Å². The summed E-state index contributed by atoms with van der Waals surface area (Å²) in [7, 11) is 1.38. The molecule has 0 saturated carbocycles. The number of hydrogen-bond acceptors (Lipinski definition) is 4. The third-order valence-corrected chi connectivity index (χ3v) is 3.30. The predicted octanol–water partition coefficient (Wildman–Crippen LogP) is 3.20. The molecule has 1 aromatic rings. The Morgan fingerprint density at radius 3 is 2.80 bits per heavy atom. The Balaban J connectivity index is 2.73. The van der Waals surface area contributed by atoms with E-state index in [0.717, 1.165) is 40.9 Å². The van der Waals surface area contributed by atoms with Gasteiger partial charge in [-0.2, -0.15) is 0 Å². The van der Waals surface area contributed by atoms with E-state index in [1.165, 1.54) is 7.11 Å². The maximum Gasteiger partial charge on any atom is 0.308 e. The number of hydrogen-bond donors (Lipinski definition) is 1. The maximum atomic E-state index is 11.1. The lowest BCUT2D eigenvalue weighted by Gasteiger charge is -2.15. The summed E-state index contributed by atoms with van der Waals surface area (Å²) in [5.41, 5.74) is 2.15. The molecule has 5 heteroatoms. The summed E-state index contributed by atoms with van der Waals surface area (Å²) in [6, 6.07) is 4.06. The van der Waals surface area contributed by atoms with Gasteiger partial charge in [0.1, 0.15) is 5.75 Å². The summed E-state index contributed by atoms with van der Waals surface area (Å²) in [6.45, 7) is 6.18. The van der Waals surface area contributed by atoms with Crippen molar-refractivity contribution < 1.29 is 14.3 Å². The quantitative estimate of drug-likeness (QED) is 0.581. The zero-order valence-electron chi connectivity index (χ0n) is 12.3. The highest BCUT2D eigenvalue weighted by molar-refractivity contribution is 9.10. The van der Waals surface area contributed by atoms with Gasteiger partial charge in [0.05, 0.1) is 20.1 Å². The van der Waals surface area contributed by atoms with Gasteiger partial charge in [-0.15, -0.1) is 0 Å². The molecule has 0 radical (unpaired) electrons. The van der Waals surface area contributed by atoms with Crippen molar-refractivity contribution in [1.29, 1.82) is 0 Å². The first-order valence-corrected chi connectivity index (χ1v) is 7.57. The van der Waals surface area contributed by atoms with Crippen molar-refractivity contribution in [1.82, 2.24) is 5.32 Å². The van der Waals surface area contributed by atoms with Gasteiger partial charge >= 0.3 is 5.97 Å². The Hall–Kier alpha value is -1.07. The fraction of sp³-hybridized carbons (Fsp3) is 0.533. The van der Waals surface area contributed by atoms with Crippen molar-refractivity contribution in [2.45, 2.75) is 33.2 Å². The molecule has 0 aliphatic heterocycles. The average Bonchev–Trinajstić information content (AvgIpc) is 2.41. The van der Waals surface area contributed by atoms with E-state index in [4.69, 9.17) is 4.74 Å². The Bertz CT molecular complexity index is 449. The van der Waals surface area contributed by atoms with Crippen LogP contribution in [0.2, 0.25) is 0 Å². The summed E-state index contributed by atoms with van der Waals surface area (Å²) < 4.78 is 11.4. The topological polar surface area (TPSA) is 47.6 Å². The maximum absolute atomic E-state index is 11.1. The van der Waals surface area contributed by atoms with Crippen molar-refractivity contribution in [2.75, 3.05) is 20.3 Å². The molecule has 0 bridgehead atoms. The van der Waals surface area contributed by atoms with Crippen LogP contribution in [0, 0.1) is 6.92 Å². The highest BCUT2D eigenvalue weighted by Crippen LogP contribution is 2.28. The second kappa shape index (κ2) is 8.97. The minimum absolute atomic E-state index is 0.258. The van der Waals surface area contributed by atoms with Gasteiger partial charge in [-0.3, -0.25) is 4.79 Å².